The molecule has 0 amide bonds. The summed E-state index contributed by atoms with van der Waals surface area (Å²) in [4.78, 5) is 0. The molecule has 2 fully saturated rings. The van der Waals surface area contributed by atoms with Crippen LogP contribution in [-0.2, 0) is 9.47 Å². The summed E-state index contributed by atoms with van der Waals surface area (Å²) in [7, 11) is 0. The van der Waals surface area contributed by atoms with Crippen LogP contribution in [0.1, 0.15) is 27.7 Å². The van der Waals surface area contributed by atoms with E-state index in [4.69, 9.17) is 19.7 Å². The second-order valence-corrected chi connectivity index (χ2v) is 8.08. The average molecular weight is 412 g/mol. The van der Waals surface area contributed by atoms with Gasteiger partial charge in [0.05, 0.1) is 25.4 Å². The minimum atomic E-state index is -1.26. The summed E-state index contributed by atoms with van der Waals surface area (Å²) < 4.78 is 10.6. The van der Waals surface area contributed by atoms with E-state index in [9.17, 15) is 30.6 Å². The van der Waals surface area contributed by atoms with Gasteiger partial charge in [0.15, 0.2) is 0 Å². The molecule has 0 aliphatic carbocycles. The van der Waals surface area contributed by atoms with Gasteiger partial charge in [-0.2, -0.15) is 0 Å². The van der Waals surface area contributed by atoms with E-state index in [-0.39, 0.29) is 25.0 Å². The highest BCUT2D eigenvalue weighted by Crippen LogP contribution is 2.26. The number of rotatable bonds is 4. The molecule has 28 heavy (non-hydrogen) atoms. The van der Waals surface area contributed by atoms with Gasteiger partial charge in [-0.3, -0.25) is 0 Å². The quantitative estimate of drug-likeness (QED) is 0.237. The van der Waals surface area contributed by atoms with Crippen LogP contribution in [0.15, 0.2) is 0 Å². The zero-order chi connectivity index (χ0) is 21.8. The molecule has 168 valence electrons. The van der Waals surface area contributed by atoms with Gasteiger partial charge in [0.25, 0.3) is 0 Å². The van der Waals surface area contributed by atoms with Gasteiger partial charge in [0.1, 0.15) is 48.8 Å². The summed E-state index contributed by atoms with van der Waals surface area (Å²) in [6.07, 6.45) is -9.92. The monoisotopic (exact) mass is 412 g/mol. The fourth-order valence-corrected chi connectivity index (χ4v) is 3.36. The Labute approximate surface area is 165 Å². The standard InChI is InChI=1S/2C9H18O5/c2*1-4(2)9-8(13)7(12)6(11)5(3-10)14-9/h2*4-13H,3H2,1-2H3/t5?,6-,7-,8?,9+;5?,6-,7-,8?,9-/m11/s1. The van der Waals surface area contributed by atoms with Crippen LogP contribution >= 0.6 is 0 Å². The molecule has 2 heterocycles. The molecule has 2 aliphatic heterocycles. The predicted octanol–water partition coefficient (Wildman–Crippen LogP) is -3.03. The van der Waals surface area contributed by atoms with E-state index in [1.165, 1.54) is 0 Å². The van der Waals surface area contributed by atoms with Crippen molar-refractivity contribution in [2.24, 2.45) is 11.8 Å². The first kappa shape index (κ1) is 25.6. The lowest BCUT2D eigenvalue weighted by molar-refractivity contribution is -0.238. The third kappa shape index (κ3) is 5.82. The van der Waals surface area contributed by atoms with Crippen molar-refractivity contribution < 1.29 is 50.3 Å². The van der Waals surface area contributed by atoms with Gasteiger partial charge in [-0.05, 0) is 11.8 Å². The van der Waals surface area contributed by atoms with Crippen LogP contribution < -0.4 is 0 Å². The van der Waals surface area contributed by atoms with Gasteiger partial charge in [-0.15, -0.1) is 0 Å². The summed E-state index contributed by atoms with van der Waals surface area (Å²) in [6.45, 7) is 6.63. The molecule has 8 N–H and O–H groups in total. The van der Waals surface area contributed by atoms with E-state index in [1.807, 2.05) is 27.7 Å². The van der Waals surface area contributed by atoms with Crippen molar-refractivity contribution in [2.75, 3.05) is 13.2 Å². The molecule has 0 radical (unpaired) electrons. The molecule has 0 aromatic carbocycles. The molecular weight excluding hydrogens is 376 g/mol. The highest BCUT2D eigenvalue weighted by Gasteiger charge is 2.45. The molecule has 2 rings (SSSR count). The smallest absolute Gasteiger partial charge is 0.111 e. The third-order valence-corrected chi connectivity index (χ3v) is 5.17. The molecule has 10 heteroatoms. The second-order valence-electron chi connectivity index (χ2n) is 8.08. The van der Waals surface area contributed by atoms with Crippen molar-refractivity contribution in [1.82, 2.24) is 0 Å². The van der Waals surface area contributed by atoms with Gasteiger partial charge >= 0.3 is 0 Å². The maximum absolute atomic E-state index is 9.57. The molecule has 0 aromatic rings. The first-order valence-corrected chi connectivity index (χ1v) is 9.58. The lowest BCUT2D eigenvalue weighted by Crippen LogP contribution is -2.59. The van der Waals surface area contributed by atoms with Gasteiger partial charge in [0, 0.05) is 0 Å². The molecule has 10 atom stereocenters. The topological polar surface area (TPSA) is 180 Å². The Kier molecular flexibility index (Phi) is 10.2. The largest absolute Gasteiger partial charge is 0.394 e. The van der Waals surface area contributed by atoms with Gasteiger partial charge in [-0.25, -0.2) is 0 Å². The molecule has 2 aliphatic rings. The van der Waals surface area contributed by atoms with E-state index >= 15 is 0 Å². The van der Waals surface area contributed by atoms with Crippen molar-refractivity contribution in [2.45, 2.75) is 88.7 Å². The van der Waals surface area contributed by atoms with E-state index in [0.29, 0.717) is 0 Å². The van der Waals surface area contributed by atoms with Crippen LogP contribution in [0.4, 0.5) is 0 Å². The van der Waals surface area contributed by atoms with Crippen LogP contribution in [0.5, 0.6) is 0 Å². The summed E-state index contributed by atoms with van der Waals surface area (Å²) in [5.74, 6) is 0.0300. The van der Waals surface area contributed by atoms with E-state index in [0.717, 1.165) is 0 Å². The SMILES string of the molecule is CC(C)[C@@H]1OC(CO)[C@@H](O)[C@@H](O)C1O.CC(C)[C@H]1OC(CO)[C@@H](O)[C@@H](O)C1O. The number of aliphatic hydroxyl groups excluding tert-OH is 8. The summed E-state index contributed by atoms with van der Waals surface area (Å²) >= 11 is 0. The normalized spacial score (nSPS) is 44.4. The molecule has 0 spiro atoms. The summed E-state index contributed by atoms with van der Waals surface area (Å²) in [5, 5.41) is 74.7. The minimum absolute atomic E-state index is 0.0150. The van der Waals surface area contributed by atoms with Crippen molar-refractivity contribution in [3.8, 4) is 0 Å². The Bertz CT molecular complexity index is 404. The van der Waals surface area contributed by atoms with Crippen LogP contribution in [0.2, 0.25) is 0 Å². The van der Waals surface area contributed by atoms with Crippen LogP contribution in [-0.4, -0.2) is 115 Å². The highest BCUT2D eigenvalue weighted by atomic mass is 16.6. The molecule has 4 unspecified atom stereocenters. The van der Waals surface area contributed by atoms with E-state index in [1.54, 1.807) is 0 Å². The van der Waals surface area contributed by atoms with Crippen molar-refractivity contribution in [3.05, 3.63) is 0 Å². The number of hydrogen-bond acceptors (Lipinski definition) is 10. The maximum Gasteiger partial charge on any atom is 0.111 e. The van der Waals surface area contributed by atoms with Crippen molar-refractivity contribution in [3.63, 3.8) is 0 Å². The van der Waals surface area contributed by atoms with Gasteiger partial charge < -0.3 is 50.3 Å². The second kappa shape index (κ2) is 11.1. The fraction of sp³-hybridized carbons (Fsp3) is 1.00. The zero-order valence-corrected chi connectivity index (χ0v) is 16.7. The lowest BCUT2D eigenvalue weighted by atomic mass is 9.90. The van der Waals surface area contributed by atoms with Crippen LogP contribution in [0.25, 0.3) is 0 Å². The van der Waals surface area contributed by atoms with Crippen LogP contribution in [0, 0.1) is 11.8 Å². The summed E-state index contributed by atoms with van der Waals surface area (Å²) in [6, 6.07) is 0. The molecular formula is C18H36O10. The predicted molar refractivity (Wildman–Crippen MR) is 97.2 cm³/mol. The Morgan fingerprint density at radius 1 is 0.536 bits per heavy atom. The van der Waals surface area contributed by atoms with E-state index < -0.39 is 61.0 Å². The van der Waals surface area contributed by atoms with E-state index in [2.05, 4.69) is 0 Å². The Balaban J connectivity index is 0.000000280. The minimum Gasteiger partial charge on any atom is -0.394 e. The molecule has 0 aromatic heterocycles. The zero-order valence-electron chi connectivity index (χ0n) is 16.7. The average Bonchev–Trinajstić information content (AvgIpc) is 2.64. The van der Waals surface area contributed by atoms with Gasteiger partial charge in [0.2, 0.25) is 0 Å². The Morgan fingerprint density at radius 2 is 0.821 bits per heavy atom. The lowest BCUT2D eigenvalue weighted by Gasteiger charge is -2.41. The fourth-order valence-electron chi connectivity index (χ4n) is 3.36. The third-order valence-electron chi connectivity index (χ3n) is 5.17. The highest BCUT2D eigenvalue weighted by molar-refractivity contribution is 4.93. The first-order valence-electron chi connectivity index (χ1n) is 9.58. The Hall–Kier alpha value is -0.400. The van der Waals surface area contributed by atoms with Crippen molar-refractivity contribution >= 4 is 0 Å². The Morgan fingerprint density at radius 3 is 1.04 bits per heavy atom. The maximum atomic E-state index is 9.57. The number of hydrogen-bond donors (Lipinski definition) is 8. The number of aliphatic hydroxyl groups is 8. The number of ether oxygens (including phenoxy) is 2. The summed E-state index contributed by atoms with van der Waals surface area (Å²) in [5.41, 5.74) is 0. The molecule has 0 saturated carbocycles. The van der Waals surface area contributed by atoms with Crippen molar-refractivity contribution in [1.29, 1.82) is 0 Å². The molecule has 2 saturated heterocycles. The molecule has 0 bridgehead atoms. The molecule has 10 nitrogen and oxygen atoms in total. The van der Waals surface area contributed by atoms with Gasteiger partial charge in [-0.1, -0.05) is 27.7 Å². The van der Waals surface area contributed by atoms with Crippen LogP contribution in [0.3, 0.4) is 0 Å². The first-order chi connectivity index (χ1) is 13.0.